The number of aliphatic hydroxyl groups excluding tert-OH is 1. The second kappa shape index (κ2) is 6.70. The third kappa shape index (κ3) is 3.20. The van der Waals surface area contributed by atoms with Crippen LogP contribution in [0.15, 0.2) is 11.6 Å². The van der Waals surface area contributed by atoms with Crippen molar-refractivity contribution in [3.8, 4) is 0 Å². The fourth-order valence-electron chi connectivity index (χ4n) is 3.99. The lowest BCUT2D eigenvalue weighted by Gasteiger charge is -2.32. The number of ether oxygens (including phenoxy) is 2. The van der Waals surface area contributed by atoms with E-state index in [-0.39, 0.29) is 31.1 Å². The fraction of sp³-hybridized carbons (Fsp3) is 0.778. The van der Waals surface area contributed by atoms with Crippen molar-refractivity contribution in [3.63, 3.8) is 0 Å². The molecule has 0 bridgehead atoms. The topological polar surface area (TPSA) is 96.3 Å². The highest BCUT2D eigenvalue weighted by Gasteiger charge is 2.50. The van der Waals surface area contributed by atoms with Crippen molar-refractivity contribution in [2.24, 2.45) is 11.8 Å². The van der Waals surface area contributed by atoms with E-state index in [1.54, 1.807) is 0 Å². The molecule has 7 nitrogen and oxygen atoms in total. The zero-order valence-corrected chi connectivity index (χ0v) is 15.0. The average molecular weight is 353 g/mol. The van der Waals surface area contributed by atoms with Gasteiger partial charge in [0, 0.05) is 19.5 Å². The normalized spacial score (nSPS) is 37.8. The van der Waals surface area contributed by atoms with Crippen LogP contribution in [0.1, 0.15) is 33.6 Å². The molecule has 0 aromatic heterocycles. The first kappa shape index (κ1) is 18.4. The van der Waals surface area contributed by atoms with Gasteiger partial charge in [-0.1, -0.05) is 19.9 Å². The van der Waals surface area contributed by atoms with Crippen LogP contribution in [0.5, 0.6) is 0 Å². The number of hydrogen-bond acceptors (Lipinski definition) is 7. The average Bonchev–Trinajstić information content (AvgIpc) is 3.11. The quantitative estimate of drug-likeness (QED) is 0.542. The predicted molar refractivity (Wildman–Crippen MR) is 88.5 cm³/mol. The van der Waals surface area contributed by atoms with Crippen molar-refractivity contribution < 1.29 is 29.3 Å². The summed E-state index contributed by atoms with van der Waals surface area (Å²) in [6, 6.07) is -0.0673. The van der Waals surface area contributed by atoms with E-state index < -0.39 is 29.6 Å². The minimum Gasteiger partial charge on any atom is -0.460 e. The van der Waals surface area contributed by atoms with E-state index in [2.05, 4.69) is 4.90 Å². The zero-order chi connectivity index (χ0) is 18.4. The summed E-state index contributed by atoms with van der Waals surface area (Å²) in [4.78, 5) is 27.5. The molecule has 140 valence electrons. The molecule has 3 aliphatic heterocycles. The SMILES string of the molecule is CC(C)C1CC(O)(C(C)O)C(=O)OCC2=CCN3CCC(OC1=O)C23. The van der Waals surface area contributed by atoms with Gasteiger partial charge in [-0.3, -0.25) is 9.69 Å². The lowest BCUT2D eigenvalue weighted by Crippen LogP contribution is -2.52. The van der Waals surface area contributed by atoms with Gasteiger partial charge in [0.05, 0.1) is 18.1 Å². The molecule has 25 heavy (non-hydrogen) atoms. The van der Waals surface area contributed by atoms with E-state index in [1.165, 1.54) is 6.92 Å². The first-order chi connectivity index (χ1) is 11.7. The van der Waals surface area contributed by atoms with E-state index in [9.17, 15) is 19.8 Å². The molecule has 0 aromatic rings. The fourth-order valence-corrected chi connectivity index (χ4v) is 3.99. The highest BCUT2D eigenvalue weighted by Crippen LogP contribution is 2.35. The summed E-state index contributed by atoms with van der Waals surface area (Å²) in [7, 11) is 0. The number of hydrogen-bond donors (Lipinski definition) is 2. The molecule has 0 spiro atoms. The van der Waals surface area contributed by atoms with Crippen LogP contribution in [-0.2, 0) is 19.1 Å². The lowest BCUT2D eigenvalue weighted by atomic mass is 9.81. The Balaban J connectivity index is 1.95. The summed E-state index contributed by atoms with van der Waals surface area (Å²) in [6.07, 6.45) is 0.882. The van der Waals surface area contributed by atoms with Gasteiger partial charge in [-0.05, 0) is 24.8 Å². The molecule has 0 aromatic carbocycles. The van der Waals surface area contributed by atoms with Gasteiger partial charge in [0.2, 0.25) is 0 Å². The van der Waals surface area contributed by atoms with Gasteiger partial charge in [0.1, 0.15) is 12.7 Å². The summed E-state index contributed by atoms with van der Waals surface area (Å²) in [6.45, 7) is 6.60. The molecule has 5 unspecified atom stereocenters. The van der Waals surface area contributed by atoms with E-state index in [0.29, 0.717) is 0 Å². The summed E-state index contributed by atoms with van der Waals surface area (Å²) in [5, 5.41) is 20.8. The number of nitrogens with zero attached hydrogens (tertiary/aromatic N) is 1. The maximum atomic E-state index is 12.8. The van der Waals surface area contributed by atoms with Crippen molar-refractivity contribution >= 4 is 11.9 Å². The molecule has 0 radical (unpaired) electrons. The largest absolute Gasteiger partial charge is 0.460 e. The van der Waals surface area contributed by atoms with Crippen LogP contribution in [0.2, 0.25) is 0 Å². The molecule has 0 amide bonds. The molecule has 3 rings (SSSR count). The van der Waals surface area contributed by atoms with Crippen LogP contribution in [0, 0.1) is 11.8 Å². The Morgan fingerprint density at radius 3 is 2.68 bits per heavy atom. The second-order valence-corrected chi connectivity index (χ2v) is 7.71. The first-order valence-electron chi connectivity index (χ1n) is 8.95. The molecule has 0 aliphatic carbocycles. The van der Waals surface area contributed by atoms with Crippen LogP contribution in [-0.4, -0.2) is 70.6 Å². The summed E-state index contributed by atoms with van der Waals surface area (Å²) in [5.41, 5.74) is -1.24. The predicted octanol–water partition coefficient (Wildman–Crippen LogP) is 0.244. The maximum absolute atomic E-state index is 12.8. The molecule has 5 atom stereocenters. The van der Waals surface area contributed by atoms with Crippen LogP contribution in [0.4, 0.5) is 0 Å². The van der Waals surface area contributed by atoms with Crippen molar-refractivity contribution in [1.29, 1.82) is 0 Å². The van der Waals surface area contributed by atoms with Crippen LogP contribution in [0.3, 0.4) is 0 Å². The molecule has 7 heteroatoms. The standard InChI is InChI=1S/C18H27NO6/c1-10(2)13-8-18(23,11(3)20)17(22)24-9-12-4-6-19-7-5-14(15(12)19)25-16(13)21/h4,10-11,13-15,20,23H,5-9H2,1-3H3. The molecular formula is C18H27NO6. The zero-order valence-electron chi connectivity index (χ0n) is 15.0. The Bertz CT molecular complexity index is 586. The highest BCUT2D eigenvalue weighted by atomic mass is 16.6. The molecule has 3 aliphatic rings. The van der Waals surface area contributed by atoms with Gasteiger partial charge < -0.3 is 19.7 Å². The van der Waals surface area contributed by atoms with Gasteiger partial charge in [-0.25, -0.2) is 4.79 Å². The van der Waals surface area contributed by atoms with Crippen LogP contribution < -0.4 is 0 Å². The Kier molecular flexibility index (Phi) is 4.92. The molecule has 2 saturated heterocycles. The molecule has 0 saturated carbocycles. The van der Waals surface area contributed by atoms with E-state index in [0.717, 1.165) is 25.1 Å². The Labute approximate surface area is 147 Å². The Hall–Kier alpha value is -1.44. The smallest absolute Gasteiger partial charge is 0.341 e. The van der Waals surface area contributed by atoms with Crippen molar-refractivity contribution in [3.05, 3.63) is 11.6 Å². The maximum Gasteiger partial charge on any atom is 0.341 e. The van der Waals surface area contributed by atoms with E-state index >= 15 is 0 Å². The summed E-state index contributed by atoms with van der Waals surface area (Å²) in [5.74, 6) is -2.17. The van der Waals surface area contributed by atoms with Gasteiger partial charge in [-0.2, -0.15) is 0 Å². The van der Waals surface area contributed by atoms with Crippen LogP contribution >= 0.6 is 0 Å². The van der Waals surface area contributed by atoms with Crippen molar-refractivity contribution in [2.45, 2.75) is 57.5 Å². The van der Waals surface area contributed by atoms with Crippen molar-refractivity contribution in [2.75, 3.05) is 19.7 Å². The number of esters is 2. The monoisotopic (exact) mass is 353 g/mol. The number of carbonyl (C=O) groups is 2. The van der Waals surface area contributed by atoms with Gasteiger partial charge in [-0.15, -0.1) is 0 Å². The van der Waals surface area contributed by atoms with Crippen LogP contribution in [0.25, 0.3) is 0 Å². The summed E-state index contributed by atoms with van der Waals surface area (Å²) >= 11 is 0. The van der Waals surface area contributed by atoms with Gasteiger partial charge in [0.25, 0.3) is 0 Å². The molecule has 2 fully saturated rings. The molecule has 3 heterocycles. The van der Waals surface area contributed by atoms with Gasteiger partial charge in [0.15, 0.2) is 5.60 Å². The van der Waals surface area contributed by atoms with Crippen molar-refractivity contribution in [1.82, 2.24) is 4.90 Å². The Morgan fingerprint density at radius 1 is 1.32 bits per heavy atom. The third-order valence-corrected chi connectivity index (χ3v) is 5.73. The molecular weight excluding hydrogens is 326 g/mol. The van der Waals surface area contributed by atoms with E-state index in [1.807, 2.05) is 19.9 Å². The minimum atomic E-state index is -2.13. The number of carbonyl (C=O) groups excluding carboxylic acids is 2. The second-order valence-electron chi connectivity index (χ2n) is 7.71. The number of cyclic esters (lactones) is 1. The molecule has 2 N–H and O–H groups in total. The lowest BCUT2D eigenvalue weighted by molar-refractivity contribution is -0.182. The third-order valence-electron chi connectivity index (χ3n) is 5.73. The van der Waals surface area contributed by atoms with E-state index in [4.69, 9.17) is 9.47 Å². The minimum absolute atomic E-state index is 0.0371. The number of rotatable bonds is 2. The van der Waals surface area contributed by atoms with Gasteiger partial charge >= 0.3 is 11.9 Å². The Morgan fingerprint density at radius 2 is 2.04 bits per heavy atom. The number of aliphatic hydroxyl groups is 2. The first-order valence-corrected chi connectivity index (χ1v) is 8.95. The summed E-state index contributed by atoms with van der Waals surface area (Å²) < 4.78 is 11.1. The highest BCUT2D eigenvalue weighted by molar-refractivity contribution is 5.82.